The summed E-state index contributed by atoms with van der Waals surface area (Å²) in [5.41, 5.74) is 6.92. The SMILES string of the molecule is CC(C)CCCC(=O)Cc1cccc(C2CCCC(C3=NC=CCC4=C3C=CCC4)C2)c1.[HH].[HH].[HH]. The summed E-state index contributed by atoms with van der Waals surface area (Å²) in [5, 5.41) is 0. The van der Waals surface area contributed by atoms with Gasteiger partial charge in [-0.25, -0.2) is 0 Å². The number of nitrogens with zero attached hydrogens (tertiary/aromatic N) is 1. The minimum absolute atomic E-state index is 0. The van der Waals surface area contributed by atoms with E-state index >= 15 is 0 Å². The minimum atomic E-state index is 0. The molecule has 2 unspecified atom stereocenters. The van der Waals surface area contributed by atoms with Crippen LogP contribution in [0.2, 0.25) is 0 Å². The maximum absolute atomic E-state index is 12.5. The highest BCUT2D eigenvalue weighted by Crippen LogP contribution is 2.40. The second-order valence-corrected chi connectivity index (χ2v) is 10.4. The molecule has 0 amide bonds. The van der Waals surface area contributed by atoms with Crippen molar-refractivity contribution in [2.24, 2.45) is 16.8 Å². The van der Waals surface area contributed by atoms with Gasteiger partial charge in [0.15, 0.2) is 0 Å². The lowest BCUT2D eigenvalue weighted by atomic mass is 9.73. The van der Waals surface area contributed by atoms with Gasteiger partial charge in [-0.15, -0.1) is 0 Å². The fourth-order valence-electron chi connectivity index (χ4n) is 5.63. The molecule has 2 aliphatic carbocycles. The summed E-state index contributed by atoms with van der Waals surface area (Å²) >= 11 is 0. The van der Waals surface area contributed by atoms with Crippen LogP contribution in [0.15, 0.2) is 64.8 Å². The third kappa shape index (κ3) is 5.97. The Hall–Kier alpha value is -2.22. The van der Waals surface area contributed by atoms with Gasteiger partial charge in [0.25, 0.3) is 0 Å². The molecule has 1 aliphatic heterocycles. The van der Waals surface area contributed by atoms with Gasteiger partial charge in [0, 0.05) is 29.2 Å². The van der Waals surface area contributed by atoms with Gasteiger partial charge in [-0.2, -0.15) is 0 Å². The van der Waals surface area contributed by atoms with Crippen molar-refractivity contribution in [3.05, 3.63) is 71.0 Å². The zero-order chi connectivity index (χ0) is 22.3. The predicted octanol–water partition coefficient (Wildman–Crippen LogP) is 8.64. The number of Topliss-reactive ketones (excluding diaryl/α,β-unsaturated/α-hetero) is 1. The van der Waals surface area contributed by atoms with Crippen molar-refractivity contribution in [2.45, 2.75) is 90.4 Å². The van der Waals surface area contributed by atoms with Crippen LogP contribution in [-0.2, 0) is 11.2 Å². The van der Waals surface area contributed by atoms with Crippen molar-refractivity contribution in [1.29, 1.82) is 0 Å². The van der Waals surface area contributed by atoms with Gasteiger partial charge in [-0.1, -0.05) is 74.8 Å². The summed E-state index contributed by atoms with van der Waals surface area (Å²) in [6, 6.07) is 8.88. The van der Waals surface area contributed by atoms with Crippen LogP contribution in [0.1, 0.15) is 99.4 Å². The standard InChI is InChI=1S/C30H39NO.3H2/c1-22(2)9-5-16-28(32)20-23-10-6-12-25(19-23)26-13-7-14-27(21-26)30-29-17-4-3-11-24(29)15-8-18-31-30;;;/h4,6,8,10,12,17-19,22,26-27H,3,5,7,9,11,13-16,20-21H2,1-2H3;3*1H. The molecule has 1 fully saturated rings. The van der Waals surface area contributed by atoms with E-state index in [0.717, 1.165) is 25.7 Å². The highest BCUT2D eigenvalue weighted by molar-refractivity contribution is 6.05. The first-order valence-electron chi connectivity index (χ1n) is 12.8. The van der Waals surface area contributed by atoms with E-state index in [-0.39, 0.29) is 4.28 Å². The first-order valence-corrected chi connectivity index (χ1v) is 12.8. The van der Waals surface area contributed by atoms with Gasteiger partial charge in [0.2, 0.25) is 0 Å². The normalized spacial score (nSPS) is 23.2. The highest BCUT2D eigenvalue weighted by atomic mass is 16.1. The molecule has 1 saturated carbocycles. The van der Waals surface area contributed by atoms with E-state index in [9.17, 15) is 4.79 Å². The maximum Gasteiger partial charge on any atom is 0.137 e. The van der Waals surface area contributed by atoms with E-state index in [1.807, 2.05) is 6.20 Å². The minimum Gasteiger partial charge on any atom is -0.299 e. The summed E-state index contributed by atoms with van der Waals surface area (Å²) in [6.07, 6.45) is 20.7. The van der Waals surface area contributed by atoms with Crippen LogP contribution in [0.4, 0.5) is 0 Å². The van der Waals surface area contributed by atoms with E-state index in [1.54, 1.807) is 5.57 Å². The molecule has 0 bridgehead atoms. The third-order valence-corrected chi connectivity index (χ3v) is 7.36. The summed E-state index contributed by atoms with van der Waals surface area (Å²) in [4.78, 5) is 17.4. The van der Waals surface area contributed by atoms with Crippen molar-refractivity contribution in [2.75, 3.05) is 0 Å². The summed E-state index contributed by atoms with van der Waals surface area (Å²) in [5.74, 6) is 2.16. The number of allylic oxidation sites excluding steroid dienone is 5. The van der Waals surface area contributed by atoms with Gasteiger partial charge in [-0.05, 0) is 73.5 Å². The summed E-state index contributed by atoms with van der Waals surface area (Å²) in [7, 11) is 0. The van der Waals surface area contributed by atoms with E-state index in [0.29, 0.717) is 36.4 Å². The first kappa shape index (κ1) is 23.0. The lowest BCUT2D eigenvalue weighted by Gasteiger charge is -2.32. The topological polar surface area (TPSA) is 29.4 Å². The third-order valence-electron chi connectivity index (χ3n) is 7.36. The second kappa shape index (κ2) is 11.1. The molecule has 0 N–H and O–H groups in total. The molecule has 3 aliphatic rings. The van der Waals surface area contributed by atoms with Crippen molar-refractivity contribution in [3.63, 3.8) is 0 Å². The highest BCUT2D eigenvalue weighted by Gasteiger charge is 2.29. The Morgan fingerprint density at radius 3 is 2.94 bits per heavy atom. The largest absolute Gasteiger partial charge is 0.299 e. The van der Waals surface area contributed by atoms with E-state index in [4.69, 9.17) is 4.99 Å². The van der Waals surface area contributed by atoms with E-state index in [2.05, 4.69) is 56.3 Å². The number of carbonyl (C=O) groups excluding carboxylic acids is 1. The number of rotatable bonds is 8. The van der Waals surface area contributed by atoms with E-state index < -0.39 is 0 Å². The Morgan fingerprint density at radius 1 is 1.19 bits per heavy atom. The molecule has 2 heteroatoms. The Bertz CT molecular complexity index is 945. The number of ketones is 1. The number of hydrogen-bond donors (Lipinski definition) is 0. The van der Waals surface area contributed by atoms with Gasteiger partial charge >= 0.3 is 0 Å². The lowest BCUT2D eigenvalue weighted by Crippen LogP contribution is -2.24. The molecule has 4 rings (SSSR count). The Balaban J connectivity index is 0.00000204. The molecule has 2 atom stereocenters. The molecular weight excluding hydrogens is 390 g/mol. The molecule has 0 aromatic heterocycles. The maximum atomic E-state index is 12.5. The molecule has 1 aromatic carbocycles. The monoisotopic (exact) mass is 435 g/mol. The predicted molar refractivity (Wildman–Crippen MR) is 141 cm³/mol. The zero-order valence-corrected chi connectivity index (χ0v) is 20.0. The van der Waals surface area contributed by atoms with Gasteiger partial charge in [-0.3, -0.25) is 9.79 Å². The van der Waals surface area contributed by atoms with E-state index in [1.165, 1.54) is 54.5 Å². The quantitative estimate of drug-likeness (QED) is 0.402. The lowest BCUT2D eigenvalue weighted by molar-refractivity contribution is -0.118. The molecule has 0 saturated heterocycles. The smallest absolute Gasteiger partial charge is 0.137 e. The molecule has 0 spiro atoms. The molecule has 2 nitrogen and oxygen atoms in total. The molecule has 1 aromatic rings. The molecule has 32 heavy (non-hydrogen) atoms. The van der Waals surface area contributed by atoms with Crippen LogP contribution in [0, 0.1) is 11.8 Å². The number of benzene rings is 1. The van der Waals surface area contributed by atoms with Crippen molar-refractivity contribution in [3.8, 4) is 0 Å². The van der Waals surface area contributed by atoms with Gasteiger partial charge in [0.05, 0.1) is 5.71 Å². The number of carbonyl (C=O) groups is 1. The molecule has 176 valence electrons. The van der Waals surface area contributed by atoms with Crippen LogP contribution < -0.4 is 0 Å². The summed E-state index contributed by atoms with van der Waals surface area (Å²) in [6.45, 7) is 4.45. The van der Waals surface area contributed by atoms with Gasteiger partial charge in [0.1, 0.15) is 5.78 Å². The number of hydrogen-bond acceptors (Lipinski definition) is 2. The fraction of sp³-hybridized carbons (Fsp3) is 0.533. The molecular formula is C30H45NO. The molecule has 0 radical (unpaired) electrons. The van der Waals surface area contributed by atoms with Crippen LogP contribution in [0.5, 0.6) is 0 Å². The average molecular weight is 436 g/mol. The number of aliphatic imine (C=N–C) groups is 1. The zero-order valence-electron chi connectivity index (χ0n) is 20.0. The Kier molecular flexibility index (Phi) is 7.95. The van der Waals surface area contributed by atoms with Crippen molar-refractivity contribution < 1.29 is 9.07 Å². The van der Waals surface area contributed by atoms with Crippen molar-refractivity contribution >= 4 is 11.5 Å². The summed E-state index contributed by atoms with van der Waals surface area (Å²) < 4.78 is 0. The first-order chi connectivity index (χ1) is 15.6. The molecule has 1 heterocycles. The fourth-order valence-corrected chi connectivity index (χ4v) is 5.63. The Labute approximate surface area is 199 Å². The van der Waals surface area contributed by atoms with Crippen LogP contribution in [-0.4, -0.2) is 11.5 Å². The van der Waals surface area contributed by atoms with Crippen LogP contribution in [0.3, 0.4) is 0 Å². The second-order valence-electron chi connectivity index (χ2n) is 10.4. The van der Waals surface area contributed by atoms with Crippen molar-refractivity contribution in [1.82, 2.24) is 0 Å². The van der Waals surface area contributed by atoms with Crippen LogP contribution in [0.25, 0.3) is 0 Å². The van der Waals surface area contributed by atoms with Gasteiger partial charge < -0.3 is 0 Å². The Morgan fingerprint density at radius 2 is 2.06 bits per heavy atom. The average Bonchev–Trinajstić information content (AvgIpc) is 3.02. The van der Waals surface area contributed by atoms with Crippen LogP contribution >= 0.6 is 0 Å².